The van der Waals surface area contributed by atoms with Gasteiger partial charge >= 0.3 is 0 Å². The lowest BCUT2D eigenvalue weighted by molar-refractivity contribution is -0.0621. The molecular weight excluding hydrogens is 234 g/mol. The highest BCUT2D eigenvalue weighted by Gasteiger charge is 2.43. The van der Waals surface area contributed by atoms with Gasteiger partial charge in [-0.25, -0.2) is 0 Å². The second kappa shape index (κ2) is 6.13. The zero-order valence-corrected chi connectivity index (χ0v) is 13.4. The summed E-state index contributed by atoms with van der Waals surface area (Å²) in [4.78, 5) is 2.56. The van der Waals surface area contributed by atoms with E-state index in [4.69, 9.17) is 0 Å². The third kappa shape index (κ3) is 3.00. The van der Waals surface area contributed by atoms with Crippen LogP contribution in [0.2, 0.25) is 0 Å². The van der Waals surface area contributed by atoms with Gasteiger partial charge in [0.05, 0.1) is 6.10 Å². The van der Waals surface area contributed by atoms with E-state index in [0.29, 0.717) is 5.92 Å². The van der Waals surface area contributed by atoms with E-state index in [9.17, 15) is 5.11 Å². The predicted molar refractivity (Wildman–Crippen MR) is 81.2 cm³/mol. The molecule has 2 heteroatoms. The van der Waals surface area contributed by atoms with Gasteiger partial charge in [0.2, 0.25) is 0 Å². The van der Waals surface area contributed by atoms with Crippen molar-refractivity contribution in [3.05, 3.63) is 0 Å². The van der Waals surface area contributed by atoms with Crippen LogP contribution in [0.4, 0.5) is 0 Å². The molecule has 0 radical (unpaired) electrons. The van der Waals surface area contributed by atoms with Gasteiger partial charge in [-0.15, -0.1) is 0 Å². The Hall–Kier alpha value is -0.0800. The first-order chi connectivity index (χ1) is 8.99. The molecule has 1 aliphatic heterocycles. The maximum Gasteiger partial charge on any atom is 0.0749 e. The lowest BCUT2D eigenvalue weighted by Crippen LogP contribution is -2.56. The minimum absolute atomic E-state index is 0.00145. The Labute approximate surface area is 119 Å². The average Bonchev–Trinajstić information content (AvgIpc) is 2.94. The van der Waals surface area contributed by atoms with Crippen LogP contribution in [-0.2, 0) is 0 Å². The van der Waals surface area contributed by atoms with E-state index in [1.54, 1.807) is 0 Å². The van der Waals surface area contributed by atoms with Gasteiger partial charge in [0.15, 0.2) is 0 Å². The largest absolute Gasteiger partial charge is 0.391 e. The van der Waals surface area contributed by atoms with E-state index in [1.165, 1.54) is 45.2 Å². The van der Waals surface area contributed by atoms with E-state index >= 15 is 0 Å². The third-order valence-electron chi connectivity index (χ3n) is 6.27. The molecule has 2 nitrogen and oxygen atoms in total. The number of nitrogens with zero attached hydrogens (tertiary/aromatic N) is 1. The molecule has 5 unspecified atom stereocenters. The van der Waals surface area contributed by atoms with E-state index in [-0.39, 0.29) is 11.6 Å². The Bertz CT molecular complexity index is 287. The molecular formula is C17H33NO. The van der Waals surface area contributed by atoms with Crippen LogP contribution in [-0.4, -0.2) is 34.7 Å². The first-order valence-electron chi connectivity index (χ1n) is 8.42. The van der Waals surface area contributed by atoms with E-state index in [2.05, 4.69) is 32.6 Å². The summed E-state index contributed by atoms with van der Waals surface area (Å²) in [6, 6.07) is 0. The van der Waals surface area contributed by atoms with E-state index < -0.39 is 0 Å². The number of rotatable bonds is 4. The van der Waals surface area contributed by atoms with Crippen LogP contribution in [0.3, 0.4) is 0 Å². The minimum atomic E-state index is -0.148. The molecule has 19 heavy (non-hydrogen) atoms. The molecule has 2 aliphatic rings. The fourth-order valence-electron chi connectivity index (χ4n) is 4.23. The molecule has 0 amide bonds. The maximum absolute atomic E-state index is 11.0. The van der Waals surface area contributed by atoms with Gasteiger partial charge in [-0.05, 0) is 69.9 Å². The van der Waals surface area contributed by atoms with Crippen molar-refractivity contribution in [2.24, 2.45) is 17.8 Å². The fourth-order valence-corrected chi connectivity index (χ4v) is 4.23. The Kier molecular flexibility index (Phi) is 4.94. The molecule has 5 atom stereocenters. The molecule has 1 saturated carbocycles. The second-order valence-electron chi connectivity index (χ2n) is 7.38. The molecule has 112 valence electrons. The highest BCUT2D eigenvalue weighted by Crippen LogP contribution is 2.40. The predicted octanol–water partition coefficient (Wildman–Crippen LogP) is 3.68. The van der Waals surface area contributed by atoms with Gasteiger partial charge in [0.1, 0.15) is 0 Å². The highest BCUT2D eigenvalue weighted by atomic mass is 16.3. The number of hydrogen-bond donors (Lipinski definition) is 1. The van der Waals surface area contributed by atoms with Crippen molar-refractivity contribution in [1.29, 1.82) is 0 Å². The summed E-state index contributed by atoms with van der Waals surface area (Å²) in [5.41, 5.74) is 0.00145. The van der Waals surface area contributed by atoms with Gasteiger partial charge < -0.3 is 5.11 Å². The minimum Gasteiger partial charge on any atom is -0.391 e. The molecule has 2 fully saturated rings. The van der Waals surface area contributed by atoms with Gasteiger partial charge in [-0.1, -0.05) is 27.2 Å². The summed E-state index contributed by atoms with van der Waals surface area (Å²) in [5.74, 6) is 2.12. The quantitative estimate of drug-likeness (QED) is 0.840. The van der Waals surface area contributed by atoms with Gasteiger partial charge in [0.25, 0.3) is 0 Å². The number of likely N-dealkylation sites (tertiary alicyclic amines) is 1. The summed E-state index contributed by atoms with van der Waals surface area (Å²) < 4.78 is 0. The molecule has 1 saturated heterocycles. The smallest absolute Gasteiger partial charge is 0.0749 e. The van der Waals surface area contributed by atoms with Gasteiger partial charge in [-0.3, -0.25) is 4.90 Å². The SMILES string of the molecule is CCC(C)(C(O)C1CCC(C)C(C)C1)N1CCCC1. The standard InChI is InChI=1S/C17H33NO/c1-5-17(4,18-10-6-7-11-18)16(19)15-9-8-13(2)14(3)12-15/h13-16,19H,5-12H2,1-4H3. The molecule has 0 aromatic heterocycles. The molecule has 0 aromatic rings. The van der Waals surface area contributed by atoms with Crippen LogP contribution in [0.1, 0.15) is 66.2 Å². The van der Waals surface area contributed by atoms with Crippen molar-refractivity contribution >= 4 is 0 Å². The molecule has 0 bridgehead atoms. The Morgan fingerprint density at radius 2 is 1.79 bits per heavy atom. The Balaban J connectivity index is 2.05. The number of aliphatic hydroxyl groups excluding tert-OH is 1. The number of aliphatic hydroxyl groups is 1. The normalized spacial score (nSPS) is 38.1. The fraction of sp³-hybridized carbons (Fsp3) is 1.00. The molecule has 1 aliphatic carbocycles. The van der Waals surface area contributed by atoms with Crippen LogP contribution in [0.25, 0.3) is 0 Å². The van der Waals surface area contributed by atoms with Crippen LogP contribution >= 0.6 is 0 Å². The first-order valence-corrected chi connectivity index (χ1v) is 8.42. The molecule has 1 N–H and O–H groups in total. The van der Waals surface area contributed by atoms with Crippen molar-refractivity contribution in [1.82, 2.24) is 4.90 Å². The third-order valence-corrected chi connectivity index (χ3v) is 6.27. The van der Waals surface area contributed by atoms with Crippen molar-refractivity contribution < 1.29 is 5.11 Å². The lowest BCUT2D eigenvalue weighted by Gasteiger charge is -2.47. The monoisotopic (exact) mass is 267 g/mol. The Morgan fingerprint density at radius 1 is 1.16 bits per heavy atom. The van der Waals surface area contributed by atoms with Crippen molar-refractivity contribution in [3.63, 3.8) is 0 Å². The lowest BCUT2D eigenvalue weighted by atomic mass is 9.69. The van der Waals surface area contributed by atoms with Crippen molar-refractivity contribution in [2.45, 2.75) is 77.9 Å². The number of hydrogen-bond acceptors (Lipinski definition) is 2. The Morgan fingerprint density at radius 3 is 2.32 bits per heavy atom. The summed E-state index contributed by atoms with van der Waals surface area (Å²) in [7, 11) is 0. The van der Waals surface area contributed by atoms with Crippen molar-refractivity contribution in [2.75, 3.05) is 13.1 Å². The summed E-state index contributed by atoms with van der Waals surface area (Å²) in [5, 5.41) is 11.0. The topological polar surface area (TPSA) is 23.5 Å². The van der Waals surface area contributed by atoms with Gasteiger partial charge in [0, 0.05) is 5.54 Å². The molecule has 0 spiro atoms. The van der Waals surface area contributed by atoms with Crippen LogP contribution < -0.4 is 0 Å². The summed E-state index contributed by atoms with van der Waals surface area (Å²) in [6.45, 7) is 11.6. The van der Waals surface area contributed by atoms with E-state index in [1.807, 2.05) is 0 Å². The van der Waals surface area contributed by atoms with E-state index in [0.717, 1.165) is 18.3 Å². The van der Waals surface area contributed by atoms with Crippen LogP contribution in [0.5, 0.6) is 0 Å². The molecule has 1 heterocycles. The maximum atomic E-state index is 11.0. The van der Waals surface area contributed by atoms with Crippen LogP contribution in [0.15, 0.2) is 0 Å². The molecule has 0 aromatic carbocycles. The zero-order chi connectivity index (χ0) is 14.0. The second-order valence-corrected chi connectivity index (χ2v) is 7.38. The average molecular weight is 267 g/mol. The molecule has 2 rings (SSSR count). The highest BCUT2D eigenvalue weighted by molar-refractivity contribution is 4.98. The zero-order valence-electron chi connectivity index (χ0n) is 13.4. The van der Waals surface area contributed by atoms with Crippen LogP contribution in [0, 0.1) is 17.8 Å². The van der Waals surface area contributed by atoms with Crippen molar-refractivity contribution in [3.8, 4) is 0 Å². The first kappa shape index (κ1) is 15.3. The summed E-state index contributed by atoms with van der Waals surface area (Å²) in [6.07, 6.45) is 7.26. The van der Waals surface area contributed by atoms with Gasteiger partial charge in [-0.2, -0.15) is 0 Å². The summed E-state index contributed by atoms with van der Waals surface area (Å²) >= 11 is 0.